The highest BCUT2D eigenvalue weighted by molar-refractivity contribution is 7.46. The number of hydrogen-bond acceptors (Lipinski definition) is 8. The van der Waals surface area contributed by atoms with E-state index in [1.165, 1.54) is 24.1 Å². The van der Waals surface area contributed by atoms with E-state index in [0.29, 0.717) is 5.56 Å². The predicted molar refractivity (Wildman–Crippen MR) is 165 cm³/mol. The Morgan fingerprint density at radius 3 is 2.53 bits per heavy atom. The first-order valence-electron chi connectivity index (χ1n) is 13.9. The first kappa shape index (κ1) is 35.8. The Labute approximate surface area is 264 Å². The first-order valence-corrected chi connectivity index (χ1v) is 15.8. The molecule has 0 bridgehead atoms. The molecule has 16 heteroatoms. The fourth-order valence-electron chi connectivity index (χ4n) is 4.32. The van der Waals surface area contributed by atoms with Crippen LogP contribution >= 0.6 is 19.4 Å². The average molecular weight is 668 g/mol. The van der Waals surface area contributed by atoms with Crippen molar-refractivity contribution in [1.82, 2.24) is 20.7 Å². The molecule has 0 aliphatic heterocycles. The van der Waals surface area contributed by atoms with Crippen LogP contribution in [0.3, 0.4) is 0 Å². The van der Waals surface area contributed by atoms with Gasteiger partial charge in [-0.1, -0.05) is 48.0 Å². The topological polar surface area (TPSA) is 179 Å². The van der Waals surface area contributed by atoms with E-state index in [1.807, 2.05) is 24.3 Å². The van der Waals surface area contributed by atoms with E-state index in [4.69, 9.17) is 26.1 Å². The Kier molecular flexibility index (Phi) is 12.8. The second-order valence-electron chi connectivity index (χ2n) is 10.8. The van der Waals surface area contributed by atoms with E-state index in [9.17, 15) is 23.3 Å². The van der Waals surface area contributed by atoms with Crippen molar-refractivity contribution >= 4 is 53.9 Å². The molecule has 0 saturated heterocycles. The number of rotatable bonds is 15. The minimum atomic E-state index is -4.65. The van der Waals surface area contributed by atoms with Crippen LogP contribution in [-0.2, 0) is 30.0 Å². The molecule has 0 saturated carbocycles. The fraction of sp³-hybridized carbons (Fsp3) is 0.379. The molecule has 5 N–H and O–H groups in total. The Morgan fingerprint density at radius 2 is 1.84 bits per heavy atom. The summed E-state index contributed by atoms with van der Waals surface area (Å²) in [6.07, 6.45) is 0.790. The molecule has 2 aromatic carbocycles. The monoisotopic (exact) mass is 667 g/mol. The van der Waals surface area contributed by atoms with Gasteiger partial charge < -0.3 is 19.8 Å². The summed E-state index contributed by atoms with van der Waals surface area (Å²) in [5, 5.41) is 8.13. The summed E-state index contributed by atoms with van der Waals surface area (Å²) in [4.78, 5) is 60.2. The van der Waals surface area contributed by atoms with Crippen LogP contribution in [0.2, 0.25) is 5.02 Å². The van der Waals surface area contributed by atoms with Crippen LogP contribution in [0.15, 0.2) is 54.7 Å². The molecule has 0 unspecified atom stereocenters. The SMILES string of the molecule is CC(=O)N(NCc1cccc(F)c1Cl)[C@@H](CCC(=O)NC(C)(C)CCOP(=O)(O)O)COC(=O)Nc1cc2ccccc2cn1. The lowest BCUT2D eigenvalue weighted by atomic mass is 10.0. The summed E-state index contributed by atoms with van der Waals surface area (Å²) < 4.78 is 34.8. The van der Waals surface area contributed by atoms with Crippen molar-refractivity contribution < 1.29 is 42.4 Å². The first-order chi connectivity index (χ1) is 21.1. The van der Waals surface area contributed by atoms with Gasteiger partial charge in [0.2, 0.25) is 11.8 Å². The number of fused-ring (bicyclic) bond motifs is 1. The van der Waals surface area contributed by atoms with Gasteiger partial charge in [0.15, 0.2) is 0 Å². The molecule has 244 valence electrons. The normalized spacial score (nSPS) is 12.4. The van der Waals surface area contributed by atoms with Crippen molar-refractivity contribution in [3.63, 3.8) is 0 Å². The Balaban J connectivity index is 1.69. The van der Waals surface area contributed by atoms with Crippen LogP contribution < -0.4 is 16.1 Å². The number of phosphoric acid groups is 1. The van der Waals surface area contributed by atoms with Gasteiger partial charge in [-0.2, -0.15) is 0 Å². The van der Waals surface area contributed by atoms with Crippen molar-refractivity contribution in [3.8, 4) is 0 Å². The third-order valence-corrected chi connectivity index (χ3v) is 7.55. The highest BCUT2D eigenvalue weighted by atomic mass is 35.5. The molecule has 13 nitrogen and oxygen atoms in total. The summed E-state index contributed by atoms with van der Waals surface area (Å²) in [5.41, 5.74) is 2.40. The molecule has 3 amide bonds. The highest BCUT2D eigenvalue weighted by Gasteiger charge is 2.27. The minimum absolute atomic E-state index is 0.0336. The van der Waals surface area contributed by atoms with E-state index < -0.39 is 43.1 Å². The Bertz CT molecular complexity index is 1560. The van der Waals surface area contributed by atoms with Crippen LogP contribution in [-0.4, -0.2) is 62.5 Å². The predicted octanol–water partition coefficient (Wildman–Crippen LogP) is 4.67. The lowest BCUT2D eigenvalue weighted by molar-refractivity contribution is -0.137. The van der Waals surface area contributed by atoms with Gasteiger partial charge in [-0.05, 0) is 49.8 Å². The number of carbonyl (C=O) groups excluding carboxylic acids is 3. The van der Waals surface area contributed by atoms with Gasteiger partial charge in [-0.15, -0.1) is 0 Å². The van der Waals surface area contributed by atoms with E-state index in [1.54, 1.807) is 32.2 Å². The lowest BCUT2D eigenvalue weighted by Gasteiger charge is -2.32. The number of hydrogen-bond donors (Lipinski definition) is 5. The number of carbonyl (C=O) groups is 3. The van der Waals surface area contributed by atoms with E-state index in [0.717, 1.165) is 10.8 Å². The standard InChI is InChI=1S/C29H36ClFN5O8P/c1-19(37)36(33-17-22-9-6-10-24(31)27(22)30)23(11-12-26(38)35-29(2,3)13-14-44-45(40,41)42)18-43-28(39)34-25-15-20-7-4-5-8-21(20)16-32-25/h4-10,15-16,23,33H,11-14,17-18H2,1-3H3,(H,35,38)(H,32,34,39)(H2,40,41,42)/t23-/m0/s1. The molecule has 0 spiro atoms. The number of halogens is 2. The summed E-state index contributed by atoms with van der Waals surface area (Å²) in [5.74, 6) is -1.28. The van der Waals surface area contributed by atoms with Crippen LogP contribution in [0, 0.1) is 5.82 Å². The van der Waals surface area contributed by atoms with Gasteiger partial charge in [0.1, 0.15) is 18.2 Å². The summed E-state index contributed by atoms with van der Waals surface area (Å²) in [7, 11) is -4.65. The molecule has 1 heterocycles. The third-order valence-electron chi connectivity index (χ3n) is 6.61. The van der Waals surface area contributed by atoms with Gasteiger partial charge in [-0.25, -0.2) is 24.2 Å². The smallest absolute Gasteiger partial charge is 0.447 e. The zero-order valence-electron chi connectivity index (χ0n) is 25.0. The van der Waals surface area contributed by atoms with Crippen LogP contribution in [0.5, 0.6) is 0 Å². The van der Waals surface area contributed by atoms with Gasteiger partial charge in [0, 0.05) is 37.0 Å². The molecule has 3 rings (SSSR count). The fourth-order valence-corrected chi connectivity index (χ4v) is 4.85. The highest BCUT2D eigenvalue weighted by Crippen LogP contribution is 2.36. The number of hydrazine groups is 1. The quantitative estimate of drug-likeness (QED) is 0.113. The third kappa shape index (κ3) is 12.0. The summed E-state index contributed by atoms with van der Waals surface area (Å²) in [6, 6.07) is 12.5. The maximum absolute atomic E-state index is 14.0. The van der Waals surface area contributed by atoms with E-state index in [2.05, 4.69) is 25.6 Å². The molecular weight excluding hydrogens is 632 g/mol. The minimum Gasteiger partial charge on any atom is -0.447 e. The number of aromatic nitrogens is 1. The number of pyridine rings is 1. The second-order valence-corrected chi connectivity index (χ2v) is 12.4. The molecule has 0 aliphatic carbocycles. The van der Waals surface area contributed by atoms with Gasteiger partial charge in [0.05, 0.1) is 17.7 Å². The van der Waals surface area contributed by atoms with Crippen LogP contribution in [0.1, 0.15) is 45.6 Å². The molecule has 0 radical (unpaired) electrons. The van der Waals surface area contributed by atoms with Crippen molar-refractivity contribution in [1.29, 1.82) is 0 Å². The zero-order valence-corrected chi connectivity index (χ0v) is 26.6. The molecule has 0 aliphatic rings. The summed E-state index contributed by atoms with van der Waals surface area (Å²) in [6.45, 7) is 3.93. The molecule has 1 atom stereocenters. The Morgan fingerprint density at radius 1 is 1.13 bits per heavy atom. The van der Waals surface area contributed by atoms with Crippen molar-refractivity contribution in [3.05, 3.63) is 71.1 Å². The largest absolute Gasteiger partial charge is 0.469 e. The number of phosphoric ester groups is 1. The Hall–Kier alpha value is -3.65. The number of nitrogens with zero attached hydrogens (tertiary/aromatic N) is 2. The number of anilines is 1. The van der Waals surface area contributed by atoms with Crippen LogP contribution in [0.4, 0.5) is 15.0 Å². The molecule has 3 aromatic rings. The van der Waals surface area contributed by atoms with E-state index >= 15 is 0 Å². The number of benzene rings is 2. The average Bonchev–Trinajstić information content (AvgIpc) is 2.94. The van der Waals surface area contributed by atoms with Crippen molar-refractivity contribution in [2.45, 2.75) is 58.2 Å². The lowest BCUT2D eigenvalue weighted by Crippen LogP contribution is -2.51. The molecule has 1 aromatic heterocycles. The van der Waals surface area contributed by atoms with Gasteiger partial charge in [-0.3, -0.25) is 24.4 Å². The van der Waals surface area contributed by atoms with Gasteiger partial charge >= 0.3 is 13.9 Å². The molecule has 0 fully saturated rings. The second kappa shape index (κ2) is 16.1. The van der Waals surface area contributed by atoms with Crippen molar-refractivity contribution in [2.24, 2.45) is 0 Å². The van der Waals surface area contributed by atoms with Crippen molar-refractivity contribution in [2.75, 3.05) is 18.5 Å². The maximum Gasteiger partial charge on any atom is 0.469 e. The number of ether oxygens (including phenoxy) is 1. The van der Waals surface area contributed by atoms with Crippen LogP contribution in [0.25, 0.3) is 10.8 Å². The zero-order chi connectivity index (χ0) is 33.2. The maximum atomic E-state index is 14.0. The number of nitrogens with one attached hydrogen (secondary N) is 3. The molecular formula is C29H36ClFN5O8P. The summed E-state index contributed by atoms with van der Waals surface area (Å²) >= 11 is 6.07. The molecule has 45 heavy (non-hydrogen) atoms. The van der Waals surface area contributed by atoms with Gasteiger partial charge in [0.25, 0.3) is 0 Å². The number of amides is 3. The van der Waals surface area contributed by atoms with E-state index in [-0.39, 0.29) is 49.9 Å².